The van der Waals surface area contributed by atoms with E-state index in [1.807, 2.05) is 6.92 Å². The number of halogens is 1. The quantitative estimate of drug-likeness (QED) is 0.748. The van der Waals surface area contributed by atoms with Crippen molar-refractivity contribution in [2.24, 2.45) is 7.05 Å². The van der Waals surface area contributed by atoms with Crippen molar-refractivity contribution < 1.29 is 13.2 Å². The van der Waals surface area contributed by atoms with Crippen LogP contribution in [0.2, 0.25) is 0 Å². The Morgan fingerprint density at radius 2 is 2.10 bits per heavy atom. The van der Waals surface area contributed by atoms with Gasteiger partial charge in [0.2, 0.25) is 0 Å². The fourth-order valence-corrected chi connectivity index (χ4v) is 2.78. The van der Waals surface area contributed by atoms with E-state index in [9.17, 15) is 8.42 Å². The van der Waals surface area contributed by atoms with Gasteiger partial charge in [-0.2, -0.15) is 5.10 Å². The molecular weight excluding hydrogens is 306 g/mol. The topological polar surface area (TPSA) is 91.9 Å². The molecule has 0 amide bonds. The SMILES string of the molecule is COCCn1c(-c2cc(C)nn2C)nnc1S(=O)(=O)Cl. The Balaban J connectivity index is 2.59. The van der Waals surface area contributed by atoms with Gasteiger partial charge in [-0.3, -0.25) is 9.25 Å². The van der Waals surface area contributed by atoms with E-state index < -0.39 is 9.05 Å². The summed E-state index contributed by atoms with van der Waals surface area (Å²) in [5, 5.41) is 11.5. The van der Waals surface area contributed by atoms with Crippen LogP contribution in [-0.4, -0.2) is 46.7 Å². The molecule has 2 aromatic rings. The monoisotopic (exact) mass is 319 g/mol. The van der Waals surface area contributed by atoms with E-state index in [4.69, 9.17) is 15.4 Å². The molecule has 0 spiro atoms. The molecule has 8 nitrogen and oxygen atoms in total. The molecule has 0 fully saturated rings. The number of nitrogens with zero attached hydrogens (tertiary/aromatic N) is 5. The lowest BCUT2D eigenvalue weighted by molar-refractivity contribution is 0.185. The van der Waals surface area contributed by atoms with E-state index in [0.29, 0.717) is 18.1 Å². The predicted octanol–water partition coefficient (Wildman–Crippen LogP) is 0.561. The van der Waals surface area contributed by atoms with Crippen LogP contribution in [0.4, 0.5) is 0 Å². The van der Waals surface area contributed by atoms with Crippen LogP contribution in [0.3, 0.4) is 0 Å². The number of ether oxygens (including phenoxy) is 1. The Labute approximate surface area is 120 Å². The first-order valence-corrected chi connectivity index (χ1v) is 8.03. The van der Waals surface area contributed by atoms with Crippen LogP contribution < -0.4 is 0 Å². The smallest absolute Gasteiger partial charge is 0.296 e. The van der Waals surface area contributed by atoms with Crippen molar-refractivity contribution in [3.8, 4) is 11.5 Å². The highest BCUT2D eigenvalue weighted by Gasteiger charge is 2.24. The maximum Gasteiger partial charge on any atom is 0.296 e. The Morgan fingerprint density at radius 3 is 2.60 bits per heavy atom. The summed E-state index contributed by atoms with van der Waals surface area (Å²) in [7, 11) is 4.66. The van der Waals surface area contributed by atoms with E-state index in [0.717, 1.165) is 5.69 Å². The third-order valence-electron chi connectivity index (χ3n) is 2.69. The predicted molar refractivity (Wildman–Crippen MR) is 71.9 cm³/mol. The van der Waals surface area contributed by atoms with Crippen LogP contribution in [0.15, 0.2) is 11.2 Å². The second-order valence-electron chi connectivity index (χ2n) is 4.18. The highest BCUT2D eigenvalue weighted by molar-refractivity contribution is 8.13. The first kappa shape index (κ1) is 14.9. The molecule has 0 aliphatic heterocycles. The number of hydrogen-bond acceptors (Lipinski definition) is 6. The molecule has 0 N–H and O–H groups in total. The van der Waals surface area contributed by atoms with Crippen molar-refractivity contribution in [2.45, 2.75) is 18.6 Å². The molecule has 2 rings (SSSR count). The summed E-state index contributed by atoms with van der Waals surface area (Å²) in [6.07, 6.45) is 0. The Bertz CT molecular complexity index is 721. The summed E-state index contributed by atoms with van der Waals surface area (Å²) in [5.41, 5.74) is 1.44. The normalized spacial score (nSPS) is 12.0. The number of hydrogen-bond donors (Lipinski definition) is 0. The van der Waals surface area contributed by atoms with Crippen LogP contribution in [0.25, 0.3) is 11.5 Å². The van der Waals surface area contributed by atoms with E-state index in [1.165, 1.54) is 11.7 Å². The molecule has 0 atom stereocenters. The summed E-state index contributed by atoms with van der Waals surface area (Å²) in [5.74, 6) is 0.379. The molecule has 0 saturated carbocycles. The number of aromatic nitrogens is 5. The zero-order chi connectivity index (χ0) is 14.9. The Kier molecular flexibility index (Phi) is 4.11. The largest absolute Gasteiger partial charge is 0.383 e. The van der Waals surface area contributed by atoms with Crippen LogP contribution in [-0.2, 0) is 27.4 Å². The molecule has 0 aliphatic rings. The molecule has 0 radical (unpaired) electrons. The number of aryl methyl sites for hydroxylation is 2. The average molecular weight is 320 g/mol. The molecular formula is C10H14ClN5O3S. The highest BCUT2D eigenvalue weighted by Crippen LogP contribution is 2.22. The van der Waals surface area contributed by atoms with Crippen molar-refractivity contribution in [2.75, 3.05) is 13.7 Å². The molecule has 0 aliphatic carbocycles. The molecule has 2 heterocycles. The van der Waals surface area contributed by atoms with E-state index in [-0.39, 0.29) is 11.7 Å². The van der Waals surface area contributed by atoms with Gasteiger partial charge in [0, 0.05) is 24.8 Å². The molecule has 2 aromatic heterocycles. The van der Waals surface area contributed by atoms with Gasteiger partial charge in [0.05, 0.1) is 18.8 Å². The van der Waals surface area contributed by atoms with Gasteiger partial charge in [-0.05, 0) is 13.0 Å². The second kappa shape index (κ2) is 5.51. The lowest BCUT2D eigenvalue weighted by atomic mass is 10.3. The van der Waals surface area contributed by atoms with E-state index in [2.05, 4.69) is 15.3 Å². The molecule has 0 aromatic carbocycles. The molecule has 20 heavy (non-hydrogen) atoms. The highest BCUT2D eigenvalue weighted by atomic mass is 35.7. The van der Waals surface area contributed by atoms with Gasteiger partial charge in [-0.1, -0.05) is 0 Å². The van der Waals surface area contributed by atoms with Gasteiger partial charge in [0.25, 0.3) is 14.2 Å². The van der Waals surface area contributed by atoms with Gasteiger partial charge < -0.3 is 4.74 Å². The fraction of sp³-hybridized carbons (Fsp3) is 0.500. The summed E-state index contributed by atoms with van der Waals surface area (Å²) in [6, 6.07) is 1.79. The summed E-state index contributed by atoms with van der Waals surface area (Å²) < 4.78 is 31.0. The number of rotatable bonds is 5. The summed E-state index contributed by atoms with van der Waals surface area (Å²) in [6.45, 7) is 2.41. The Hall–Kier alpha value is -1.45. The van der Waals surface area contributed by atoms with Crippen LogP contribution in [0.5, 0.6) is 0 Å². The lowest BCUT2D eigenvalue weighted by Gasteiger charge is -2.08. The lowest BCUT2D eigenvalue weighted by Crippen LogP contribution is -2.12. The van der Waals surface area contributed by atoms with Gasteiger partial charge >= 0.3 is 0 Å². The molecule has 0 unspecified atom stereocenters. The van der Waals surface area contributed by atoms with Crippen LogP contribution >= 0.6 is 10.7 Å². The minimum Gasteiger partial charge on any atom is -0.383 e. The minimum atomic E-state index is -3.98. The molecule has 10 heteroatoms. The second-order valence-corrected chi connectivity index (χ2v) is 6.64. The molecule has 0 saturated heterocycles. The van der Waals surface area contributed by atoms with Gasteiger partial charge in [0.1, 0.15) is 5.69 Å². The van der Waals surface area contributed by atoms with Crippen molar-refractivity contribution in [3.05, 3.63) is 11.8 Å². The zero-order valence-corrected chi connectivity index (χ0v) is 12.8. The summed E-state index contributed by atoms with van der Waals surface area (Å²) >= 11 is 0. The van der Waals surface area contributed by atoms with Gasteiger partial charge in [-0.25, -0.2) is 8.42 Å². The fourth-order valence-electron chi connectivity index (χ4n) is 1.86. The van der Waals surface area contributed by atoms with Crippen LogP contribution in [0, 0.1) is 6.92 Å². The van der Waals surface area contributed by atoms with Crippen molar-refractivity contribution >= 4 is 19.7 Å². The Morgan fingerprint density at radius 1 is 1.40 bits per heavy atom. The third kappa shape index (κ3) is 2.84. The van der Waals surface area contributed by atoms with E-state index in [1.54, 1.807) is 17.8 Å². The zero-order valence-electron chi connectivity index (χ0n) is 11.2. The number of methoxy groups -OCH3 is 1. The minimum absolute atomic E-state index is 0.268. The van der Waals surface area contributed by atoms with Crippen molar-refractivity contribution in [1.29, 1.82) is 0 Å². The maximum atomic E-state index is 11.5. The van der Waals surface area contributed by atoms with Gasteiger partial charge in [0.15, 0.2) is 5.82 Å². The molecule has 0 bridgehead atoms. The first-order chi connectivity index (χ1) is 9.34. The average Bonchev–Trinajstić information content (AvgIpc) is 2.88. The molecule has 110 valence electrons. The van der Waals surface area contributed by atoms with E-state index >= 15 is 0 Å². The van der Waals surface area contributed by atoms with Gasteiger partial charge in [-0.15, -0.1) is 10.2 Å². The first-order valence-electron chi connectivity index (χ1n) is 5.72. The van der Waals surface area contributed by atoms with Crippen molar-refractivity contribution in [3.63, 3.8) is 0 Å². The third-order valence-corrected chi connectivity index (χ3v) is 3.84. The summed E-state index contributed by atoms with van der Waals surface area (Å²) in [4.78, 5) is 0. The standard InChI is InChI=1S/C10H14ClN5O3S/c1-7-6-8(15(2)14-7)9-12-13-10(20(11,17)18)16(9)4-5-19-3/h6H,4-5H2,1-3H3. The van der Waals surface area contributed by atoms with Crippen LogP contribution in [0.1, 0.15) is 5.69 Å². The maximum absolute atomic E-state index is 11.5. The van der Waals surface area contributed by atoms with Crippen molar-refractivity contribution in [1.82, 2.24) is 24.5 Å².